The summed E-state index contributed by atoms with van der Waals surface area (Å²) in [5.74, 6) is 4.10. The third-order valence-electron chi connectivity index (χ3n) is 6.97. The molecule has 300 valence electrons. The van der Waals surface area contributed by atoms with Gasteiger partial charge >= 0.3 is 0 Å². The van der Waals surface area contributed by atoms with Crippen LogP contribution in [0.5, 0.6) is 0 Å². The lowest BCUT2D eigenvalue weighted by molar-refractivity contribution is -0.0331. The molecule has 5 rings (SSSR count). The van der Waals surface area contributed by atoms with E-state index in [1.807, 2.05) is 62.3 Å². The van der Waals surface area contributed by atoms with Gasteiger partial charge < -0.3 is 24.7 Å². The largest absolute Gasteiger partial charge is 0.436 e. The van der Waals surface area contributed by atoms with Crippen LogP contribution in [0.15, 0.2) is 25.6 Å². The van der Waals surface area contributed by atoms with E-state index in [4.69, 9.17) is 24.1 Å². The van der Waals surface area contributed by atoms with Crippen LogP contribution in [0.1, 0.15) is 156 Å². The van der Waals surface area contributed by atoms with Gasteiger partial charge in [0.15, 0.2) is 11.7 Å². The van der Waals surface area contributed by atoms with Crippen LogP contribution in [0, 0.1) is 29.6 Å². The lowest BCUT2D eigenvalue weighted by atomic mass is 10.0. The molecular formula is C38H77N7O5S. The van der Waals surface area contributed by atoms with E-state index in [0.29, 0.717) is 35.5 Å². The molecule has 2 N–H and O–H groups in total. The normalized spacial score (nSPS) is 21.7. The average molecular weight is 744 g/mol. The minimum atomic E-state index is -0.192. The Hall–Kier alpha value is -2.54. The number of hydroxylamine groups is 1. The minimum absolute atomic E-state index is 0.0117. The quantitative estimate of drug-likeness (QED) is 0.284. The number of nitrogens with one attached hydrogen (secondary N) is 2. The van der Waals surface area contributed by atoms with Crippen LogP contribution < -0.4 is 10.9 Å². The first-order valence-corrected chi connectivity index (χ1v) is 20.4. The number of rotatable bonds is 5. The summed E-state index contributed by atoms with van der Waals surface area (Å²) in [6.45, 7) is 36.7. The maximum Gasteiger partial charge on any atom is 0.264 e. The summed E-state index contributed by atoms with van der Waals surface area (Å²) in [6, 6.07) is 0. The fourth-order valence-corrected chi connectivity index (χ4v) is 4.79. The third-order valence-corrected chi connectivity index (χ3v) is 8.18. The summed E-state index contributed by atoms with van der Waals surface area (Å²) in [7, 11) is 0. The van der Waals surface area contributed by atoms with Crippen molar-refractivity contribution in [1.29, 1.82) is 0 Å². The van der Waals surface area contributed by atoms with Gasteiger partial charge in [0.1, 0.15) is 17.5 Å². The molecule has 0 aliphatic carbocycles. The fraction of sp³-hybridized carbons (Fsp3) is 0.868. The molecule has 5 aliphatic heterocycles. The molecule has 0 aromatic carbocycles. The second kappa shape index (κ2) is 31.0. The van der Waals surface area contributed by atoms with Crippen molar-refractivity contribution in [3.8, 4) is 0 Å². The van der Waals surface area contributed by atoms with E-state index in [2.05, 4.69) is 91.9 Å². The van der Waals surface area contributed by atoms with Gasteiger partial charge in [-0.2, -0.15) is 5.10 Å². The third kappa shape index (κ3) is 25.1. The van der Waals surface area contributed by atoms with Crippen molar-refractivity contribution in [2.24, 2.45) is 55.2 Å². The Balaban J connectivity index is 0. The molecule has 3 atom stereocenters. The van der Waals surface area contributed by atoms with Crippen LogP contribution in [0.25, 0.3) is 0 Å². The van der Waals surface area contributed by atoms with Gasteiger partial charge in [0, 0.05) is 36.9 Å². The van der Waals surface area contributed by atoms with Crippen molar-refractivity contribution in [1.82, 2.24) is 10.9 Å². The number of oxime groups is 3. The summed E-state index contributed by atoms with van der Waals surface area (Å²) in [5.41, 5.74) is 8.60. The van der Waals surface area contributed by atoms with Crippen molar-refractivity contribution < 1.29 is 24.1 Å². The molecule has 0 spiro atoms. The first kappa shape index (κ1) is 50.6. The van der Waals surface area contributed by atoms with Gasteiger partial charge in [-0.05, 0) is 69.4 Å². The molecule has 0 bridgehead atoms. The Morgan fingerprint density at radius 3 is 1.67 bits per heavy atom. The summed E-state index contributed by atoms with van der Waals surface area (Å²) in [4.78, 5) is 24.0. The van der Waals surface area contributed by atoms with Crippen molar-refractivity contribution in [3.05, 3.63) is 0 Å². The predicted octanol–water partition coefficient (Wildman–Crippen LogP) is 10.4. The molecule has 0 saturated carbocycles. The minimum Gasteiger partial charge on any atom is -0.436 e. The summed E-state index contributed by atoms with van der Waals surface area (Å²) < 4.78 is 5.15. The van der Waals surface area contributed by atoms with E-state index in [1.54, 1.807) is 11.8 Å². The maximum absolute atomic E-state index is 5.15. The smallest absolute Gasteiger partial charge is 0.264 e. The summed E-state index contributed by atoms with van der Waals surface area (Å²) in [6.07, 6.45) is 7.05. The number of hydrogen-bond acceptors (Lipinski definition) is 13. The molecule has 0 aromatic heterocycles. The van der Waals surface area contributed by atoms with E-state index in [0.717, 1.165) is 36.9 Å². The topological polar surface area (TPSA) is 132 Å². The average Bonchev–Trinajstić information content (AvgIpc) is 3.73. The highest BCUT2D eigenvalue weighted by molar-refractivity contribution is 8.14. The molecule has 12 nitrogen and oxygen atoms in total. The zero-order valence-electron chi connectivity index (χ0n) is 35.5. The standard InChI is InChI=1S/C8H16N2.C8H15NO.C6H12N2O.C6H11NO2.C6H11NOS.2C2H6/c1-7(2)8-5-3-4-6-9-10-8;1-7(2)8-5-3-4-6-10-9-8;1-4(2)6-7-5(3)9-8-6;1-4(2)6-7-9-5(3)8-6;1-4(2)6-7-8-5(3)9-6;2*1-2/h7,9H,3-6H2,1-2H3;7H,3-6H2,1-2H3;4-5H,1-3H3,(H,7,8);2*4-5H,1-3H3;2*1-2H3. The number of aliphatic imine (C=N–C) groups is 1. The number of amidine groups is 1. The molecule has 51 heavy (non-hydrogen) atoms. The second-order valence-corrected chi connectivity index (χ2v) is 14.7. The summed E-state index contributed by atoms with van der Waals surface area (Å²) >= 11 is 1.70. The van der Waals surface area contributed by atoms with E-state index >= 15 is 0 Å². The van der Waals surface area contributed by atoms with Crippen LogP contribution >= 0.6 is 11.8 Å². The first-order chi connectivity index (χ1) is 24.2. The Morgan fingerprint density at radius 1 is 0.667 bits per heavy atom. The van der Waals surface area contributed by atoms with Crippen LogP contribution in [-0.2, 0) is 24.1 Å². The zero-order valence-corrected chi connectivity index (χ0v) is 36.3. The van der Waals surface area contributed by atoms with Crippen molar-refractivity contribution in [2.75, 3.05) is 13.2 Å². The van der Waals surface area contributed by atoms with Crippen LogP contribution in [0.4, 0.5) is 0 Å². The lowest BCUT2D eigenvalue weighted by Crippen LogP contribution is -2.22. The van der Waals surface area contributed by atoms with Crippen molar-refractivity contribution in [2.45, 2.75) is 174 Å². The van der Waals surface area contributed by atoms with Crippen LogP contribution in [0.3, 0.4) is 0 Å². The van der Waals surface area contributed by atoms with Gasteiger partial charge in [0.05, 0.1) is 5.71 Å². The number of hydrazone groups is 1. The Kier molecular flexibility index (Phi) is 30.8. The van der Waals surface area contributed by atoms with Gasteiger partial charge in [0.2, 0.25) is 5.90 Å². The Bertz CT molecular complexity index is 966. The molecule has 0 radical (unpaired) electrons. The molecule has 3 unspecified atom stereocenters. The highest BCUT2D eigenvalue weighted by atomic mass is 32.2. The van der Waals surface area contributed by atoms with Gasteiger partial charge in [0.25, 0.3) is 6.29 Å². The SMILES string of the molecule is CC.CC.CC(C)C1=NNCCCC1.CC(C)C1=NOCCCC1.CC1N=C(C(C)C)NO1.CC1ON=C(C(C)C)O1.CC1ON=C(C(C)C)S1. The number of ether oxygens (including phenoxy) is 1. The van der Waals surface area contributed by atoms with Crippen LogP contribution in [0.2, 0.25) is 0 Å². The molecular weight excluding hydrogens is 667 g/mol. The fourth-order valence-electron chi connectivity index (χ4n) is 4.00. The monoisotopic (exact) mass is 744 g/mol. The summed E-state index contributed by atoms with van der Waals surface area (Å²) in [5, 5.41) is 17.0. The van der Waals surface area contributed by atoms with Gasteiger partial charge in [-0.25, -0.2) is 9.83 Å². The highest BCUT2D eigenvalue weighted by Gasteiger charge is 2.20. The lowest BCUT2D eigenvalue weighted by Gasteiger charge is -2.05. The molecule has 13 heteroatoms. The number of thioether (sulfide) groups is 1. The molecule has 0 saturated heterocycles. The maximum atomic E-state index is 5.15. The molecule has 5 heterocycles. The van der Waals surface area contributed by atoms with E-state index < -0.39 is 0 Å². The molecule has 5 aliphatic rings. The zero-order chi connectivity index (χ0) is 39.4. The van der Waals surface area contributed by atoms with Gasteiger partial charge in [-0.15, -0.1) is 0 Å². The number of hydrogen-bond donors (Lipinski definition) is 2. The number of nitrogens with zero attached hydrogens (tertiary/aromatic N) is 5. The van der Waals surface area contributed by atoms with E-state index in [-0.39, 0.29) is 18.0 Å². The van der Waals surface area contributed by atoms with E-state index in [9.17, 15) is 0 Å². The first-order valence-electron chi connectivity index (χ1n) is 19.5. The molecule has 0 aromatic rings. The van der Waals surface area contributed by atoms with Crippen LogP contribution in [-0.4, -0.2) is 59.3 Å². The Morgan fingerprint density at radius 2 is 1.27 bits per heavy atom. The second-order valence-electron chi connectivity index (χ2n) is 13.4. The highest BCUT2D eigenvalue weighted by Crippen LogP contribution is 2.25. The Labute approximate surface area is 316 Å². The van der Waals surface area contributed by atoms with Crippen molar-refractivity contribution >= 4 is 40.0 Å². The molecule has 0 fully saturated rings. The van der Waals surface area contributed by atoms with E-state index in [1.165, 1.54) is 37.1 Å². The predicted molar refractivity (Wildman–Crippen MR) is 219 cm³/mol. The van der Waals surface area contributed by atoms with Gasteiger partial charge in [-0.3, -0.25) is 5.48 Å². The van der Waals surface area contributed by atoms with Gasteiger partial charge in [-0.1, -0.05) is 119 Å². The molecule has 0 amide bonds. The van der Waals surface area contributed by atoms with Crippen molar-refractivity contribution in [3.63, 3.8) is 0 Å².